The Morgan fingerprint density at radius 1 is 0.833 bits per heavy atom. The molecule has 24 heavy (non-hydrogen) atoms. The number of nitrogens with zero attached hydrogens (tertiary/aromatic N) is 3. The molecule has 1 N–H and O–H groups in total. The van der Waals surface area contributed by atoms with Gasteiger partial charge in [-0.1, -0.05) is 10.3 Å². The van der Waals surface area contributed by atoms with Gasteiger partial charge in [0.05, 0.1) is 22.4 Å². The SMILES string of the molecule is Cc1nc2c(-c3c(C)noc3C)cc(-c3c(C)noc3C)cc2[nH]1. The minimum absolute atomic E-state index is 0.783. The second kappa shape index (κ2) is 5.06. The second-order valence-electron chi connectivity index (χ2n) is 6.14. The largest absolute Gasteiger partial charge is 0.361 e. The normalized spacial score (nSPS) is 11.5. The number of rotatable bonds is 2. The summed E-state index contributed by atoms with van der Waals surface area (Å²) in [6.45, 7) is 9.69. The number of imidazole rings is 1. The Morgan fingerprint density at radius 2 is 1.46 bits per heavy atom. The number of hydrogen-bond donors (Lipinski definition) is 1. The molecule has 4 rings (SSSR count). The van der Waals surface area contributed by atoms with Crippen LogP contribution in [0.15, 0.2) is 21.2 Å². The zero-order valence-corrected chi connectivity index (χ0v) is 14.3. The lowest BCUT2D eigenvalue weighted by molar-refractivity contribution is 0.393. The van der Waals surface area contributed by atoms with Gasteiger partial charge in [0.25, 0.3) is 0 Å². The molecule has 0 spiro atoms. The third kappa shape index (κ3) is 2.06. The van der Waals surface area contributed by atoms with Crippen LogP contribution in [0.25, 0.3) is 33.3 Å². The zero-order valence-electron chi connectivity index (χ0n) is 14.3. The summed E-state index contributed by atoms with van der Waals surface area (Å²) in [4.78, 5) is 7.98. The number of hydrogen-bond acceptors (Lipinski definition) is 5. The minimum Gasteiger partial charge on any atom is -0.361 e. The van der Waals surface area contributed by atoms with Crippen LogP contribution in [0.2, 0.25) is 0 Å². The number of aromatic amines is 1. The Bertz CT molecular complexity index is 1030. The van der Waals surface area contributed by atoms with E-state index in [-0.39, 0.29) is 0 Å². The maximum Gasteiger partial charge on any atom is 0.141 e. The van der Waals surface area contributed by atoms with Crippen LogP contribution in [0.5, 0.6) is 0 Å². The Balaban J connectivity index is 2.09. The lowest BCUT2D eigenvalue weighted by Crippen LogP contribution is -1.89. The first-order valence-corrected chi connectivity index (χ1v) is 7.82. The van der Waals surface area contributed by atoms with E-state index in [1.54, 1.807) is 0 Å². The highest BCUT2D eigenvalue weighted by atomic mass is 16.5. The molecule has 0 saturated carbocycles. The summed E-state index contributed by atoms with van der Waals surface area (Å²) in [6.07, 6.45) is 0. The number of aromatic nitrogens is 4. The van der Waals surface area contributed by atoms with Crippen LogP contribution in [0.1, 0.15) is 28.7 Å². The van der Waals surface area contributed by atoms with Crippen molar-refractivity contribution in [2.24, 2.45) is 0 Å². The fourth-order valence-electron chi connectivity index (χ4n) is 3.34. The molecule has 0 aliphatic rings. The molecule has 122 valence electrons. The number of fused-ring (bicyclic) bond motifs is 1. The van der Waals surface area contributed by atoms with E-state index >= 15 is 0 Å². The van der Waals surface area contributed by atoms with Crippen molar-refractivity contribution in [3.05, 3.63) is 40.9 Å². The van der Waals surface area contributed by atoms with Gasteiger partial charge >= 0.3 is 0 Å². The standard InChI is InChI=1S/C18H18N4O2/c1-8-16(10(3)23-21-8)13-6-14(17-9(2)22-24-11(17)4)18-15(7-13)19-12(5)20-18/h6-7H,1-5H3,(H,19,20). The van der Waals surface area contributed by atoms with Crippen LogP contribution < -0.4 is 0 Å². The molecule has 1 aromatic carbocycles. The number of aryl methyl sites for hydroxylation is 5. The van der Waals surface area contributed by atoms with Crippen molar-refractivity contribution in [3.8, 4) is 22.3 Å². The number of benzene rings is 1. The van der Waals surface area contributed by atoms with Crippen LogP contribution in [0, 0.1) is 34.6 Å². The molecule has 0 saturated heterocycles. The highest BCUT2D eigenvalue weighted by molar-refractivity contribution is 5.97. The summed E-state index contributed by atoms with van der Waals surface area (Å²) in [5.41, 5.74) is 7.65. The predicted molar refractivity (Wildman–Crippen MR) is 90.8 cm³/mol. The summed E-state index contributed by atoms with van der Waals surface area (Å²) in [5.74, 6) is 2.45. The van der Waals surface area contributed by atoms with Crippen molar-refractivity contribution in [2.75, 3.05) is 0 Å². The molecule has 3 heterocycles. The fourth-order valence-corrected chi connectivity index (χ4v) is 3.34. The van der Waals surface area contributed by atoms with Crippen LogP contribution in [0.4, 0.5) is 0 Å². The van der Waals surface area contributed by atoms with E-state index in [9.17, 15) is 0 Å². The molecule has 0 atom stereocenters. The summed E-state index contributed by atoms with van der Waals surface area (Å²) in [5, 5.41) is 8.16. The van der Waals surface area contributed by atoms with Crippen molar-refractivity contribution in [3.63, 3.8) is 0 Å². The molecule has 0 unspecified atom stereocenters. The van der Waals surface area contributed by atoms with Gasteiger partial charge in [-0.15, -0.1) is 0 Å². The molecule has 6 heteroatoms. The van der Waals surface area contributed by atoms with Crippen LogP contribution in [-0.2, 0) is 0 Å². The third-order valence-electron chi connectivity index (χ3n) is 4.33. The summed E-state index contributed by atoms with van der Waals surface area (Å²) in [6, 6.07) is 4.20. The van der Waals surface area contributed by atoms with E-state index in [1.165, 1.54) is 0 Å². The molecule has 0 aliphatic carbocycles. The van der Waals surface area contributed by atoms with Gasteiger partial charge in [-0.25, -0.2) is 4.98 Å². The topological polar surface area (TPSA) is 80.7 Å². The average molecular weight is 322 g/mol. The lowest BCUT2D eigenvalue weighted by Gasteiger charge is -2.07. The molecule has 0 radical (unpaired) electrons. The molecule has 0 amide bonds. The van der Waals surface area contributed by atoms with Gasteiger partial charge in [0, 0.05) is 16.7 Å². The van der Waals surface area contributed by atoms with E-state index in [2.05, 4.69) is 32.4 Å². The average Bonchev–Trinajstić information content (AvgIpc) is 3.16. The number of nitrogens with one attached hydrogen (secondary N) is 1. The van der Waals surface area contributed by atoms with Gasteiger partial charge in [-0.05, 0) is 52.3 Å². The van der Waals surface area contributed by atoms with Gasteiger partial charge in [0.1, 0.15) is 17.3 Å². The molecule has 0 fully saturated rings. The Kier molecular flexibility index (Phi) is 3.09. The maximum atomic E-state index is 5.36. The zero-order chi connectivity index (χ0) is 17.0. The van der Waals surface area contributed by atoms with E-state index in [0.717, 1.165) is 62.0 Å². The summed E-state index contributed by atoms with van der Waals surface area (Å²) >= 11 is 0. The fraction of sp³-hybridized carbons (Fsp3) is 0.278. The summed E-state index contributed by atoms with van der Waals surface area (Å²) < 4.78 is 10.7. The van der Waals surface area contributed by atoms with Gasteiger partial charge < -0.3 is 14.0 Å². The van der Waals surface area contributed by atoms with Crippen molar-refractivity contribution in [2.45, 2.75) is 34.6 Å². The van der Waals surface area contributed by atoms with Gasteiger partial charge in [-0.3, -0.25) is 0 Å². The molecular formula is C18H18N4O2. The first-order valence-electron chi connectivity index (χ1n) is 7.82. The lowest BCUT2D eigenvalue weighted by atomic mass is 9.96. The first-order chi connectivity index (χ1) is 11.5. The van der Waals surface area contributed by atoms with E-state index in [0.29, 0.717) is 0 Å². The highest BCUT2D eigenvalue weighted by Gasteiger charge is 2.20. The van der Waals surface area contributed by atoms with Crippen LogP contribution >= 0.6 is 0 Å². The van der Waals surface area contributed by atoms with Crippen molar-refractivity contribution in [1.82, 2.24) is 20.3 Å². The van der Waals surface area contributed by atoms with Crippen molar-refractivity contribution >= 4 is 11.0 Å². The van der Waals surface area contributed by atoms with Crippen LogP contribution in [0.3, 0.4) is 0 Å². The molecule has 0 bridgehead atoms. The maximum absolute atomic E-state index is 5.36. The Hall–Kier alpha value is -2.89. The first kappa shape index (κ1) is 14.7. The van der Waals surface area contributed by atoms with E-state index in [1.807, 2.05) is 34.6 Å². The molecular weight excluding hydrogens is 304 g/mol. The van der Waals surface area contributed by atoms with Crippen LogP contribution in [-0.4, -0.2) is 20.3 Å². The predicted octanol–water partition coefficient (Wildman–Crippen LogP) is 4.42. The monoisotopic (exact) mass is 322 g/mol. The van der Waals surface area contributed by atoms with Gasteiger partial charge in [0.2, 0.25) is 0 Å². The molecule has 0 aliphatic heterocycles. The molecule has 3 aromatic heterocycles. The highest BCUT2D eigenvalue weighted by Crippen LogP contribution is 2.37. The third-order valence-corrected chi connectivity index (χ3v) is 4.33. The Labute approximate surface area is 138 Å². The van der Waals surface area contributed by atoms with Crippen molar-refractivity contribution in [1.29, 1.82) is 0 Å². The minimum atomic E-state index is 0.783. The Morgan fingerprint density at radius 3 is 2.04 bits per heavy atom. The molecule has 4 aromatic rings. The molecule has 6 nitrogen and oxygen atoms in total. The second-order valence-corrected chi connectivity index (χ2v) is 6.14. The smallest absolute Gasteiger partial charge is 0.141 e. The quantitative estimate of drug-likeness (QED) is 0.591. The van der Waals surface area contributed by atoms with E-state index < -0.39 is 0 Å². The van der Waals surface area contributed by atoms with Gasteiger partial charge in [-0.2, -0.15) is 0 Å². The van der Waals surface area contributed by atoms with Crippen molar-refractivity contribution < 1.29 is 9.05 Å². The van der Waals surface area contributed by atoms with Gasteiger partial charge in [0.15, 0.2) is 0 Å². The summed E-state index contributed by atoms with van der Waals surface area (Å²) in [7, 11) is 0. The number of H-pyrrole nitrogens is 1. The van der Waals surface area contributed by atoms with E-state index in [4.69, 9.17) is 9.05 Å².